The summed E-state index contributed by atoms with van der Waals surface area (Å²) >= 11 is 1.51. The van der Waals surface area contributed by atoms with E-state index in [0.29, 0.717) is 11.0 Å². The molecule has 0 amide bonds. The SMILES string of the molecule is CCc1nc2n(n1)C(=O)C(C(c1ccco1)N1CCN(Cc3ccccc3)CC1)S2. The lowest BCUT2D eigenvalue weighted by molar-refractivity contribution is 0.0666. The van der Waals surface area contributed by atoms with Crippen molar-refractivity contribution in [2.45, 2.75) is 36.3 Å². The quantitative estimate of drug-likeness (QED) is 0.603. The number of nitrogens with zero attached hydrogens (tertiary/aromatic N) is 5. The highest BCUT2D eigenvalue weighted by Crippen LogP contribution is 2.41. The van der Waals surface area contributed by atoms with E-state index in [1.54, 1.807) is 6.26 Å². The molecule has 8 heteroatoms. The van der Waals surface area contributed by atoms with E-state index in [2.05, 4.69) is 50.2 Å². The second-order valence-electron chi connectivity index (χ2n) is 7.71. The Hall–Kier alpha value is -2.42. The summed E-state index contributed by atoms with van der Waals surface area (Å²) in [6.07, 6.45) is 2.41. The molecule has 0 radical (unpaired) electrons. The number of hydrogen-bond donors (Lipinski definition) is 0. The molecule has 7 nitrogen and oxygen atoms in total. The van der Waals surface area contributed by atoms with Crippen LogP contribution in [0.25, 0.3) is 0 Å². The van der Waals surface area contributed by atoms with Gasteiger partial charge in [0.15, 0.2) is 11.0 Å². The maximum absolute atomic E-state index is 13.2. The Bertz CT molecular complexity index is 996. The zero-order chi connectivity index (χ0) is 20.5. The van der Waals surface area contributed by atoms with Gasteiger partial charge >= 0.3 is 0 Å². The molecule has 2 aromatic heterocycles. The largest absolute Gasteiger partial charge is 0.468 e. The standard InChI is InChI=1S/C22H25N5O2S/c1-2-18-23-22-27(24-18)21(28)20(30-22)19(17-9-6-14-29-17)26-12-10-25(11-13-26)15-16-7-4-3-5-8-16/h3-9,14,19-20H,2,10-13,15H2,1H3. The minimum Gasteiger partial charge on any atom is -0.468 e. The molecule has 1 saturated heterocycles. The maximum Gasteiger partial charge on any atom is 0.265 e. The van der Waals surface area contributed by atoms with Crippen LogP contribution in [0.2, 0.25) is 0 Å². The molecule has 30 heavy (non-hydrogen) atoms. The predicted octanol–water partition coefficient (Wildman–Crippen LogP) is 3.11. The van der Waals surface area contributed by atoms with E-state index < -0.39 is 0 Å². The lowest BCUT2D eigenvalue weighted by Gasteiger charge is -2.39. The van der Waals surface area contributed by atoms with Gasteiger partial charge in [-0.1, -0.05) is 49.0 Å². The number of rotatable bonds is 6. The Morgan fingerprint density at radius 2 is 1.93 bits per heavy atom. The van der Waals surface area contributed by atoms with Crippen molar-refractivity contribution in [2.75, 3.05) is 26.2 Å². The molecule has 4 heterocycles. The van der Waals surface area contributed by atoms with Crippen molar-refractivity contribution in [3.05, 3.63) is 65.9 Å². The molecule has 156 valence electrons. The van der Waals surface area contributed by atoms with Crippen molar-refractivity contribution in [3.63, 3.8) is 0 Å². The lowest BCUT2D eigenvalue weighted by atomic mass is 10.1. The van der Waals surface area contributed by atoms with Crippen molar-refractivity contribution in [2.24, 2.45) is 0 Å². The Morgan fingerprint density at radius 3 is 2.60 bits per heavy atom. The summed E-state index contributed by atoms with van der Waals surface area (Å²) in [5, 5.41) is 4.79. The number of aromatic nitrogens is 3. The third kappa shape index (κ3) is 3.71. The highest BCUT2D eigenvalue weighted by atomic mass is 32.2. The molecule has 2 unspecified atom stereocenters. The van der Waals surface area contributed by atoms with Crippen LogP contribution in [-0.4, -0.2) is 61.9 Å². The minimum absolute atomic E-state index is 0.00434. The Balaban J connectivity index is 1.31. The van der Waals surface area contributed by atoms with Gasteiger partial charge in [0.1, 0.15) is 11.0 Å². The van der Waals surface area contributed by atoms with Crippen LogP contribution >= 0.6 is 11.8 Å². The van der Waals surface area contributed by atoms with Crippen molar-refractivity contribution < 1.29 is 9.21 Å². The van der Waals surface area contributed by atoms with Crippen LogP contribution in [0.5, 0.6) is 0 Å². The summed E-state index contributed by atoms with van der Waals surface area (Å²) in [5.74, 6) is 1.54. The minimum atomic E-state index is -0.294. The maximum atomic E-state index is 13.2. The van der Waals surface area contributed by atoms with Crippen LogP contribution in [-0.2, 0) is 13.0 Å². The molecule has 0 aliphatic carbocycles. The van der Waals surface area contributed by atoms with Crippen molar-refractivity contribution >= 4 is 17.7 Å². The molecule has 5 rings (SSSR count). The smallest absolute Gasteiger partial charge is 0.265 e. The highest BCUT2D eigenvalue weighted by molar-refractivity contribution is 8.00. The van der Waals surface area contributed by atoms with Gasteiger partial charge in [-0.25, -0.2) is 4.98 Å². The first-order valence-corrected chi connectivity index (χ1v) is 11.3. The van der Waals surface area contributed by atoms with Gasteiger partial charge in [0.25, 0.3) is 5.91 Å². The van der Waals surface area contributed by atoms with Gasteiger partial charge in [0.05, 0.1) is 12.3 Å². The fraction of sp³-hybridized carbons (Fsp3) is 0.409. The van der Waals surface area contributed by atoms with Gasteiger partial charge in [0, 0.05) is 39.1 Å². The van der Waals surface area contributed by atoms with Gasteiger partial charge in [-0.3, -0.25) is 14.6 Å². The Kier molecular flexibility index (Phi) is 5.45. The number of aryl methyl sites for hydroxylation is 1. The number of thioether (sulfide) groups is 1. The van der Waals surface area contributed by atoms with Crippen LogP contribution in [0, 0.1) is 0 Å². The van der Waals surface area contributed by atoms with Crippen molar-refractivity contribution in [1.82, 2.24) is 24.6 Å². The van der Waals surface area contributed by atoms with Crippen molar-refractivity contribution in [1.29, 1.82) is 0 Å². The fourth-order valence-corrected chi connectivity index (χ4v) is 5.46. The number of furan rings is 1. The second kappa shape index (κ2) is 8.37. The number of carbonyl (C=O) groups excluding carboxylic acids is 1. The molecule has 0 saturated carbocycles. The third-order valence-electron chi connectivity index (χ3n) is 5.79. The van der Waals surface area contributed by atoms with Gasteiger partial charge in [0.2, 0.25) is 0 Å². The van der Waals surface area contributed by atoms with Crippen LogP contribution < -0.4 is 0 Å². The van der Waals surface area contributed by atoms with Crippen LogP contribution in [0.15, 0.2) is 58.3 Å². The topological polar surface area (TPSA) is 67.4 Å². The molecule has 2 atom stereocenters. The van der Waals surface area contributed by atoms with E-state index >= 15 is 0 Å². The molecular formula is C22H25N5O2S. The number of fused-ring (bicyclic) bond motifs is 1. The van der Waals surface area contributed by atoms with Crippen molar-refractivity contribution in [3.8, 4) is 0 Å². The number of piperazine rings is 1. The average Bonchev–Trinajstić information content (AvgIpc) is 3.50. The molecule has 2 aliphatic rings. The molecule has 0 bridgehead atoms. The van der Waals surface area contributed by atoms with E-state index in [9.17, 15) is 4.79 Å². The van der Waals surface area contributed by atoms with Crippen LogP contribution in [0.3, 0.4) is 0 Å². The summed E-state index contributed by atoms with van der Waals surface area (Å²) in [5.41, 5.74) is 1.33. The van der Waals surface area contributed by atoms with E-state index in [0.717, 1.165) is 44.9 Å². The van der Waals surface area contributed by atoms with Gasteiger partial charge in [-0.15, -0.1) is 5.10 Å². The molecule has 3 aromatic rings. The molecular weight excluding hydrogens is 398 g/mol. The summed E-state index contributed by atoms with van der Waals surface area (Å²) in [6.45, 7) is 6.65. The van der Waals surface area contributed by atoms with Crippen LogP contribution in [0.1, 0.15) is 34.9 Å². The number of hydrogen-bond acceptors (Lipinski definition) is 7. The zero-order valence-electron chi connectivity index (χ0n) is 17.0. The van der Waals surface area contributed by atoms with Gasteiger partial charge in [-0.05, 0) is 17.7 Å². The summed E-state index contributed by atoms with van der Waals surface area (Å²) in [4.78, 5) is 22.5. The van der Waals surface area contributed by atoms with E-state index in [-0.39, 0.29) is 17.2 Å². The summed E-state index contributed by atoms with van der Waals surface area (Å²) in [7, 11) is 0. The number of benzene rings is 1. The fourth-order valence-electron chi connectivity index (χ4n) is 4.21. The summed E-state index contributed by atoms with van der Waals surface area (Å²) in [6, 6.07) is 14.3. The monoisotopic (exact) mass is 423 g/mol. The highest BCUT2D eigenvalue weighted by Gasteiger charge is 2.44. The Morgan fingerprint density at radius 1 is 1.13 bits per heavy atom. The van der Waals surface area contributed by atoms with E-state index in [1.165, 1.54) is 22.0 Å². The van der Waals surface area contributed by atoms with Gasteiger partial charge in [-0.2, -0.15) is 4.68 Å². The molecule has 1 aromatic carbocycles. The predicted molar refractivity (Wildman–Crippen MR) is 114 cm³/mol. The number of carbonyl (C=O) groups is 1. The first-order chi connectivity index (χ1) is 14.7. The lowest BCUT2D eigenvalue weighted by Crippen LogP contribution is -2.50. The first-order valence-electron chi connectivity index (χ1n) is 10.4. The third-order valence-corrected chi connectivity index (χ3v) is 6.98. The van der Waals surface area contributed by atoms with E-state index in [1.807, 2.05) is 19.1 Å². The average molecular weight is 424 g/mol. The van der Waals surface area contributed by atoms with Crippen LogP contribution in [0.4, 0.5) is 0 Å². The molecule has 1 fully saturated rings. The molecule has 0 N–H and O–H groups in total. The normalized spacial score (nSPS) is 21.1. The molecule has 2 aliphatic heterocycles. The zero-order valence-corrected chi connectivity index (χ0v) is 17.8. The van der Waals surface area contributed by atoms with E-state index in [4.69, 9.17) is 4.42 Å². The Labute approximate surface area is 180 Å². The summed E-state index contributed by atoms with van der Waals surface area (Å²) < 4.78 is 7.26. The first kappa shape index (κ1) is 19.5. The molecule has 0 spiro atoms. The second-order valence-corrected chi connectivity index (χ2v) is 8.82. The van der Waals surface area contributed by atoms with Gasteiger partial charge < -0.3 is 4.42 Å².